The van der Waals surface area contributed by atoms with Crippen LogP contribution in [0.5, 0.6) is 5.88 Å². The van der Waals surface area contributed by atoms with E-state index in [1.165, 1.54) is 31.0 Å². The lowest BCUT2D eigenvalue weighted by molar-refractivity contribution is -0.161. The number of rotatable bonds is 14. The first-order valence-electron chi connectivity index (χ1n) is 15.7. The fraction of sp³-hybridized carbons (Fsp3) is 0.235. The highest BCUT2D eigenvalue weighted by Crippen LogP contribution is 2.41. The molecule has 2 aromatic carbocycles. The number of aromatic nitrogens is 2. The number of amides is 2. The average molecular weight is 775 g/mol. The fourth-order valence-electron chi connectivity index (χ4n) is 5.29. The summed E-state index contributed by atoms with van der Waals surface area (Å²) in [6, 6.07) is 20.0. The number of nitrogens with zero attached hydrogens (tertiary/aromatic N) is 5. The van der Waals surface area contributed by atoms with E-state index in [2.05, 4.69) is 31.2 Å². The highest BCUT2D eigenvalue weighted by Gasteiger charge is 2.54. The zero-order valence-corrected chi connectivity index (χ0v) is 30.3. The molecule has 2 aliphatic heterocycles. The number of β-lactam (4-membered cyclic amide) rings is 1. The van der Waals surface area contributed by atoms with Gasteiger partial charge in [0.15, 0.2) is 16.9 Å². The predicted octanol–water partition coefficient (Wildman–Crippen LogP) is 3.66. The van der Waals surface area contributed by atoms with Gasteiger partial charge >= 0.3 is 11.9 Å². The monoisotopic (exact) mass is 774 g/mol. The lowest BCUT2D eigenvalue weighted by atomic mass is 10.0. The number of carbonyl (C=O) groups is 4. The van der Waals surface area contributed by atoms with E-state index in [1.54, 1.807) is 0 Å². The number of aliphatic carboxylic acids is 2. The summed E-state index contributed by atoms with van der Waals surface area (Å²) in [4.78, 5) is 61.1. The number of carboxylic acid groups (broad SMARTS) is 2. The summed E-state index contributed by atoms with van der Waals surface area (Å²) >= 11 is 3.22. The van der Waals surface area contributed by atoms with Gasteiger partial charge in [0.1, 0.15) is 39.4 Å². The van der Waals surface area contributed by atoms with Gasteiger partial charge in [-0.15, -0.1) is 23.1 Å². The molecule has 53 heavy (non-hydrogen) atoms. The largest absolute Gasteiger partial charge is 0.478 e. The zero-order valence-electron chi connectivity index (χ0n) is 27.9. The smallest absolute Gasteiger partial charge is 0.352 e. The van der Waals surface area contributed by atoms with Crippen molar-refractivity contribution in [3.63, 3.8) is 0 Å². The van der Waals surface area contributed by atoms with Gasteiger partial charge in [0.2, 0.25) is 11.5 Å². The molecule has 2 amide bonds. The third kappa shape index (κ3) is 7.65. The van der Waals surface area contributed by atoms with Crippen molar-refractivity contribution in [3.8, 4) is 11.9 Å². The van der Waals surface area contributed by atoms with E-state index in [1.807, 2.05) is 60.7 Å². The van der Waals surface area contributed by atoms with Gasteiger partial charge in [-0.25, -0.2) is 14.6 Å². The van der Waals surface area contributed by atoms with Crippen molar-refractivity contribution >= 4 is 74.2 Å². The maximum atomic E-state index is 13.4. The van der Waals surface area contributed by atoms with Gasteiger partial charge in [-0.3, -0.25) is 14.5 Å². The molecule has 16 nitrogen and oxygen atoms in total. The minimum Gasteiger partial charge on any atom is -0.478 e. The molecule has 2 atom stereocenters. The average Bonchev–Trinajstić information content (AvgIpc) is 3.76. The van der Waals surface area contributed by atoms with Crippen LogP contribution in [0.3, 0.4) is 0 Å². The number of benzene rings is 2. The topological polar surface area (TPSA) is 242 Å². The number of nitrogen functional groups attached to an aromatic ring is 1. The van der Waals surface area contributed by atoms with Crippen molar-refractivity contribution in [2.45, 2.75) is 37.0 Å². The molecule has 1 unspecified atom stereocenters. The number of ether oxygens (including phenoxy) is 1. The fourth-order valence-corrected chi connectivity index (χ4v) is 7.85. The van der Waals surface area contributed by atoms with Crippen molar-refractivity contribution in [1.82, 2.24) is 19.6 Å². The summed E-state index contributed by atoms with van der Waals surface area (Å²) in [6.45, 7) is 2.44. The van der Waals surface area contributed by atoms with Crippen LogP contribution in [-0.4, -0.2) is 83.2 Å². The lowest BCUT2D eigenvalue weighted by Gasteiger charge is -2.49. The van der Waals surface area contributed by atoms with E-state index >= 15 is 0 Å². The van der Waals surface area contributed by atoms with E-state index < -0.39 is 52.6 Å². The van der Waals surface area contributed by atoms with Crippen molar-refractivity contribution in [2.24, 2.45) is 5.16 Å². The Labute approximate surface area is 314 Å². The number of oxime groups is 1. The second-order valence-electron chi connectivity index (χ2n) is 12.0. The number of carbonyl (C=O) groups excluding carboxylic acids is 2. The molecule has 272 valence electrons. The second kappa shape index (κ2) is 15.3. The minimum atomic E-state index is -1.80. The first-order valence-corrected chi connectivity index (χ1v) is 18.4. The third-order valence-corrected chi connectivity index (χ3v) is 10.9. The van der Waals surface area contributed by atoms with Crippen molar-refractivity contribution in [3.05, 3.63) is 99.7 Å². The summed E-state index contributed by atoms with van der Waals surface area (Å²) in [5, 5.41) is 40.2. The Morgan fingerprint density at radius 3 is 2.36 bits per heavy atom. The van der Waals surface area contributed by atoms with Crippen LogP contribution in [0.25, 0.3) is 0 Å². The summed E-state index contributed by atoms with van der Waals surface area (Å²) in [7, 11) is 0. The van der Waals surface area contributed by atoms with Crippen LogP contribution in [0.1, 0.15) is 42.3 Å². The molecule has 1 saturated heterocycles. The Balaban J connectivity index is 1.18. The molecule has 6 rings (SSSR count). The Kier molecular flexibility index (Phi) is 10.6. The zero-order chi connectivity index (χ0) is 37.9. The molecule has 4 heterocycles. The van der Waals surface area contributed by atoms with Crippen LogP contribution in [0.15, 0.2) is 82.5 Å². The number of hydrogen-bond donors (Lipinski definition) is 5. The van der Waals surface area contributed by atoms with E-state index in [9.17, 15) is 34.7 Å². The van der Waals surface area contributed by atoms with Gasteiger partial charge in [-0.1, -0.05) is 65.8 Å². The molecule has 2 aliphatic rings. The van der Waals surface area contributed by atoms with Crippen LogP contribution >= 0.6 is 34.6 Å². The van der Waals surface area contributed by atoms with Gasteiger partial charge in [0, 0.05) is 17.7 Å². The van der Waals surface area contributed by atoms with Crippen molar-refractivity contribution in [1.29, 1.82) is 5.26 Å². The number of hydrogen-bond acceptors (Lipinski definition) is 15. The highest BCUT2D eigenvalue weighted by atomic mass is 32.2. The molecule has 19 heteroatoms. The molecule has 0 saturated carbocycles. The number of anilines is 2. The number of carboxylic acids is 2. The van der Waals surface area contributed by atoms with Crippen molar-refractivity contribution < 1.29 is 39.0 Å². The summed E-state index contributed by atoms with van der Waals surface area (Å²) in [6.07, 6.45) is -0.551. The van der Waals surface area contributed by atoms with Crippen LogP contribution < -0.4 is 21.1 Å². The van der Waals surface area contributed by atoms with Gasteiger partial charge in [0.05, 0.1) is 0 Å². The van der Waals surface area contributed by atoms with Gasteiger partial charge in [0.25, 0.3) is 11.8 Å². The highest BCUT2D eigenvalue weighted by molar-refractivity contribution is 8.00. The normalized spacial score (nSPS) is 17.1. The predicted molar refractivity (Wildman–Crippen MR) is 196 cm³/mol. The molecule has 1 fully saturated rings. The molecular formula is C34H30N8O8S3. The molecule has 2 aromatic heterocycles. The second-order valence-corrected chi connectivity index (χ2v) is 14.8. The number of thiazole rings is 1. The Hall–Kier alpha value is -5.97. The summed E-state index contributed by atoms with van der Waals surface area (Å²) < 4.78 is 10.7. The number of fused-ring (bicyclic) bond motifs is 1. The van der Waals surface area contributed by atoms with Gasteiger partial charge < -0.3 is 36.2 Å². The maximum Gasteiger partial charge on any atom is 0.352 e. The van der Waals surface area contributed by atoms with E-state index in [0.29, 0.717) is 10.6 Å². The lowest BCUT2D eigenvalue weighted by Crippen LogP contribution is -2.71. The molecule has 0 spiro atoms. The van der Waals surface area contributed by atoms with Crippen LogP contribution in [0.4, 0.5) is 10.1 Å². The molecule has 0 aliphatic carbocycles. The first-order chi connectivity index (χ1) is 25.4. The molecule has 6 N–H and O–H groups in total. The number of nitrogens with one attached hydrogen (secondary N) is 2. The Morgan fingerprint density at radius 2 is 1.79 bits per heavy atom. The number of thioether (sulfide) groups is 1. The molecule has 0 bridgehead atoms. The van der Waals surface area contributed by atoms with Gasteiger partial charge in [-0.2, -0.15) is 9.64 Å². The molecular weight excluding hydrogens is 745 g/mol. The van der Waals surface area contributed by atoms with E-state index in [-0.39, 0.29) is 40.3 Å². The van der Waals surface area contributed by atoms with E-state index in [4.69, 9.17) is 15.3 Å². The Morgan fingerprint density at radius 1 is 1.13 bits per heavy atom. The molecule has 4 aromatic rings. The van der Waals surface area contributed by atoms with Crippen molar-refractivity contribution in [2.75, 3.05) is 23.3 Å². The quantitative estimate of drug-likeness (QED) is 0.0698. The van der Waals surface area contributed by atoms with Gasteiger partial charge in [-0.05, 0) is 42.1 Å². The SMILES string of the molecule is CC(C)(O/N=C(/C(=O)NC1C(=O)N2C(C(=O)O)=C(CNc3snc(OC(c4ccccc4)c4ccccc4)c3C#N)CS[C@H]12)c1csc(N)n1)C(=O)O. The first kappa shape index (κ1) is 36.8. The van der Waals surface area contributed by atoms with Crippen LogP contribution in [0.2, 0.25) is 0 Å². The molecule has 0 radical (unpaired) electrons. The summed E-state index contributed by atoms with van der Waals surface area (Å²) in [5.74, 6) is -4.00. The standard InChI is InChI=1S/C34H30N8O8S3/c1-34(2,32(47)48)50-40-22(21-16-52-33(36)38-21)26(43)39-23-29(44)42-24(31(45)46)19(15-51-30(23)42)14-37-28-20(13-35)27(41-53-28)49-25(17-9-5-3-6-10-17)18-11-7-4-8-12-18/h3-12,16,23,25,30,37H,14-15H2,1-2H3,(H2,36,38)(H,39,43)(H,45,46)(H,47,48)/b40-22+/t23?,30-/m1/s1. The summed E-state index contributed by atoms with van der Waals surface area (Å²) in [5.41, 5.74) is 5.48. The Bertz CT molecular complexity index is 2120. The van der Waals surface area contributed by atoms with E-state index in [0.717, 1.165) is 38.9 Å². The number of nitrogens with two attached hydrogens (primary N) is 1. The maximum absolute atomic E-state index is 13.4. The minimum absolute atomic E-state index is 0.00499. The van der Waals surface area contributed by atoms with Crippen LogP contribution in [-0.2, 0) is 24.0 Å². The van der Waals surface area contributed by atoms with Crippen LogP contribution in [0, 0.1) is 11.3 Å². The third-order valence-electron chi connectivity index (χ3n) is 8.07. The number of nitriles is 1.